The van der Waals surface area contributed by atoms with Gasteiger partial charge in [-0.1, -0.05) is 24.3 Å². The van der Waals surface area contributed by atoms with Crippen molar-refractivity contribution in [2.45, 2.75) is 6.54 Å². The molecule has 0 radical (unpaired) electrons. The summed E-state index contributed by atoms with van der Waals surface area (Å²) in [6.45, 7) is 0.484. The van der Waals surface area contributed by atoms with Crippen LogP contribution in [0.1, 0.15) is 11.1 Å². The predicted octanol–water partition coefficient (Wildman–Crippen LogP) is 4.19. The maximum Gasteiger partial charge on any atom is 0.177 e. The van der Waals surface area contributed by atoms with Crippen LogP contribution in [0.3, 0.4) is 0 Å². The van der Waals surface area contributed by atoms with Crippen molar-refractivity contribution in [2.75, 3.05) is 0 Å². The molecule has 0 fully saturated rings. The molecule has 0 atom stereocenters. The van der Waals surface area contributed by atoms with Crippen LogP contribution in [0.5, 0.6) is 0 Å². The van der Waals surface area contributed by atoms with E-state index in [1.165, 1.54) is 0 Å². The standard InChI is InChI=1S/C16H11BrN2O/c17-16-14-7-10(8-18)5-6-13(14)15(20-16)12-4-2-1-3-11(12)9-19/h1-7H,8,18H2. The quantitative estimate of drug-likeness (QED) is 0.767. The average molecular weight is 327 g/mol. The van der Waals surface area contributed by atoms with Gasteiger partial charge in [-0.3, -0.25) is 0 Å². The first kappa shape index (κ1) is 12.9. The van der Waals surface area contributed by atoms with Crippen molar-refractivity contribution in [2.24, 2.45) is 5.73 Å². The van der Waals surface area contributed by atoms with Crippen molar-refractivity contribution in [1.82, 2.24) is 0 Å². The number of nitriles is 1. The van der Waals surface area contributed by atoms with Gasteiger partial charge in [0.15, 0.2) is 4.67 Å². The van der Waals surface area contributed by atoms with Crippen LogP contribution in [-0.4, -0.2) is 0 Å². The molecule has 0 amide bonds. The molecule has 2 N–H and O–H groups in total. The normalized spacial score (nSPS) is 10.7. The molecule has 0 spiro atoms. The molecule has 98 valence electrons. The van der Waals surface area contributed by atoms with Gasteiger partial charge in [0.05, 0.1) is 11.6 Å². The highest BCUT2D eigenvalue weighted by Crippen LogP contribution is 2.38. The minimum atomic E-state index is 0.484. The van der Waals surface area contributed by atoms with Gasteiger partial charge in [-0.05, 0) is 39.7 Å². The number of nitrogens with zero attached hydrogens (tertiary/aromatic N) is 1. The lowest BCUT2D eigenvalue weighted by Gasteiger charge is -2.01. The lowest BCUT2D eigenvalue weighted by molar-refractivity contribution is 0.561. The van der Waals surface area contributed by atoms with Crippen LogP contribution in [-0.2, 0) is 6.54 Å². The second-order valence-electron chi connectivity index (χ2n) is 4.45. The van der Waals surface area contributed by atoms with Gasteiger partial charge >= 0.3 is 0 Å². The maximum atomic E-state index is 9.22. The molecule has 20 heavy (non-hydrogen) atoms. The highest BCUT2D eigenvalue weighted by molar-refractivity contribution is 9.10. The van der Waals surface area contributed by atoms with Crippen molar-refractivity contribution in [3.63, 3.8) is 0 Å². The van der Waals surface area contributed by atoms with Gasteiger partial charge in [-0.2, -0.15) is 5.26 Å². The highest BCUT2D eigenvalue weighted by atomic mass is 79.9. The van der Waals surface area contributed by atoms with Crippen molar-refractivity contribution >= 4 is 26.7 Å². The third-order valence-electron chi connectivity index (χ3n) is 3.26. The van der Waals surface area contributed by atoms with E-state index in [2.05, 4.69) is 22.0 Å². The summed E-state index contributed by atoms with van der Waals surface area (Å²) in [4.78, 5) is 0. The number of benzene rings is 2. The van der Waals surface area contributed by atoms with Gasteiger partial charge in [0, 0.05) is 22.9 Å². The Kier molecular flexibility index (Phi) is 3.31. The van der Waals surface area contributed by atoms with Crippen LogP contribution in [0.15, 0.2) is 51.6 Å². The number of halogens is 1. The second kappa shape index (κ2) is 5.12. The highest BCUT2D eigenvalue weighted by Gasteiger charge is 2.16. The van der Waals surface area contributed by atoms with Gasteiger partial charge in [-0.25, -0.2) is 0 Å². The largest absolute Gasteiger partial charge is 0.448 e. The molecule has 0 saturated heterocycles. The molecule has 0 aliphatic rings. The number of fused-ring (bicyclic) bond motifs is 1. The summed E-state index contributed by atoms with van der Waals surface area (Å²) in [5, 5.41) is 11.2. The van der Waals surface area contributed by atoms with Gasteiger partial charge < -0.3 is 10.2 Å². The van der Waals surface area contributed by atoms with E-state index < -0.39 is 0 Å². The van der Waals surface area contributed by atoms with E-state index in [-0.39, 0.29) is 0 Å². The van der Waals surface area contributed by atoms with Gasteiger partial charge in [0.25, 0.3) is 0 Å². The monoisotopic (exact) mass is 326 g/mol. The molecule has 3 aromatic rings. The summed E-state index contributed by atoms with van der Waals surface area (Å²) in [6, 6.07) is 15.6. The summed E-state index contributed by atoms with van der Waals surface area (Å²) in [7, 11) is 0. The Balaban J connectivity index is 2.30. The van der Waals surface area contributed by atoms with Crippen molar-refractivity contribution in [1.29, 1.82) is 5.26 Å². The molecule has 3 rings (SSSR count). The Labute approximate surface area is 124 Å². The molecule has 0 aliphatic heterocycles. The van der Waals surface area contributed by atoms with Crippen molar-refractivity contribution < 1.29 is 4.42 Å². The number of nitrogens with two attached hydrogens (primary N) is 1. The van der Waals surface area contributed by atoms with Gasteiger partial charge in [0.2, 0.25) is 0 Å². The van der Waals surface area contributed by atoms with E-state index in [1.54, 1.807) is 6.07 Å². The summed E-state index contributed by atoms with van der Waals surface area (Å²) in [6.07, 6.45) is 0. The van der Waals surface area contributed by atoms with Crippen LogP contribution in [0.25, 0.3) is 22.1 Å². The molecule has 2 aromatic carbocycles. The first-order valence-corrected chi connectivity index (χ1v) is 6.94. The zero-order valence-electron chi connectivity index (χ0n) is 10.6. The predicted molar refractivity (Wildman–Crippen MR) is 82.0 cm³/mol. The Bertz CT molecular complexity index is 830. The Morgan fingerprint density at radius 2 is 1.95 bits per heavy atom. The van der Waals surface area contributed by atoms with E-state index in [0.29, 0.717) is 22.5 Å². The van der Waals surface area contributed by atoms with Crippen LogP contribution in [0.2, 0.25) is 0 Å². The van der Waals surface area contributed by atoms with E-state index in [0.717, 1.165) is 21.9 Å². The molecule has 1 heterocycles. The van der Waals surface area contributed by atoms with Crippen LogP contribution >= 0.6 is 15.9 Å². The molecule has 0 unspecified atom stereocenters. The lowest BCUT2D eigenvalue weighted by atomic mass is 10.0. The third-order valence-corrected chi connectivity index (χ3v) is 3.85. The summed E-state index contributed by atoms with van der Waals surface area (Å²) in [5.74, 6) is 0.701. The van der Waals surface area contributed by atoms with E-state index >= 15 is 0 Å². The third kappa shape index (κ3) is 2.01. The SMILES string of the molecule is N#Cc1ccccc1-c1oc(Br)c2cc(CN)ccc12. The van der Waals surface area contributed by atoms with Crippen LogP contribution in [0, 0.1) is 11.3 Å². The summed E-state index contributed by atoms with van der Waals surface area (Å²) in [5.41, 5.74) is 8.10. The fourth-order valence-corrected chi connectivity index (χ4v) is 2.75. The smallest absolute Gasteiger partial charge is 0.177 e. The molecular formula is C16H11BrN2O. The van der Waals surface area contributed by atoms with Crippen LogP contribution < -0.4 is 5.73 Å². The van der Waals surface area contributed by atoms with Crippen molar-refractivity contribution in [3.8, 4) is 17.4 Å². The van der Waals surface area contributed by atoms with E-state index in [4.69, 9.17) is 10.2 Å². The van der Waals surface area contributed by atoms with Crippen molar-refractivity contribution in [3.05, 3.63) is 58.3 Å². The Hall–Kier alpha value is -2.09. The fraction of sp³-hybridized carbons (Fsp3) is 0.0625. The Morgan fingerprint density at radius 3 is 2.70 bits per heavy atom. The summed E-state index contributed by atoms with van der Waals surface area (Å²) >= 11 is 3.43. The van der Waals surface area contributed by atoms with E-state index in [1.807, 2.05) is 36.4 Å². The molecule has 4 heteroatoms. The molecule has 0 saturated carbocycles. The number of hydrogen-bond donors (Lipinski definition) is 1. The molecule has 0 bridgehead atoms. The van der Waals surface area contributed by atoms with E-state index in [9.17, 15) is 5.26 Å². The average Bonchev–Trinajstić information content (AvgIpc) is 2.83. The number of furan rings is 1. The molecule has 3 nitrogen and oxygen atoms in total. The molecule has 0 aliphatic carbocycles. The van der Waals surface area contributed by atoms with Crippen LogP contribution in [0.4, 0.5) is 0 Å². The fourth-order valence-electron chi connectivity index (χ4n) is 2.26. The first-order chi connectivity index (χ1) is 9.74. The maximum absolute atomic E-state index is 9.22. The number of rotatable bonds is 2. The minimum Gasteiger partial charge on any atom is -0.448 e. The first-order valence-electron chi connectivity index (χ1n) is 6.15. The summed E-state index contributed by atoms with van der Waals surface area (Å²) < 4.78 is 6.48. The number of hydrogen-bond acceptors (Lipinski definition) is 3. The zero-order valence-corrected chi connectivity index (χ0v) is 12.1. The zero-order chi connectivity index (χ0) is 14.1. The molecular weight excluding hydrogens is 316 g/mol. The molecule has 1 aromatic heterocycles. The Morgan fingerprint density at radius 1 is 1.15 bits per heavy atom. The minimum absolute atomic E-state index is 0.484. The van der Waals surface area contributed by atoms with Gasteiger partial charge in [0.1, 0.15) is 5.76 Å². The second-order valence-corrected chi connectivity index (χ2v) is 5.17. The topological polar surface area (TPSA) is 63.0 Å². The van der Waals surface area contributed by atoms with Gasteiger partial charge in [-0.15, -0.1) is 0 Å². The lowest BCUT2D eigenvalue weighted by Crippen LogP contribution is -1.95.